The van der Waals surface area contributed by atoms with Gasteiger partial charge in [0.15, 0.2) is 0 Å². The lowest BCUT2D eigenvalue weighted by Gasteiger charge is -2.18. The summed E-state index contributed by atoms with van der Waals surface area (Å²) in [5.74, 6) is 1.87. The van der Waals surface area contributed by atoms with E-state index >= 15 is 0 Å². The molecule has 0 atom stereocenters. The summed E-state index contributed by atoms with van der Waals surface area (Å²) in [4.78, 5) is 2.28. The number of hydrogen-bond donors (Lipinski definition) is 0. The second-order valence-electron chi connectivity index (χ2n) is 4.67. The molecule has 0 bridgehead atoms. The largest absolute Gasteiger partial charge is 0.492 e. The molecule has 1 aromatic heterocycles. The second kappa shape index (κ2) is 5.19. The maximum Gasteiger partial charge on any atom is 0.146 e. The molecule has 2 heterocycles. The first-order valence-electron chi connectivity index (χ1n) is 6.19. The molecule has 1 aromatic carbocycles. The van der Waals surface area contributed by atoms with E-state index in [1.165, 1.54) is 0 Å². The molecule has 0 fully saturated rings. The van der Waals surface area contributed by atoms with Crippen molar-refractivity contribution in [2.45, 2.75) is 13.1 Å². The third-order valence-electron chi connectivity index (χ3n) is 3.25. The van der Waals surface area contributed by atoms with Crippen LogP contribution in [-0.4, -0.2) is 32.8 Å². The minimum Gasteiger partial charge on any atom is -0.492 e. The van der Waals surface area contributed by atoms with E-state index in [1.54, 1.807) is 6.33 Å². The standard InChI is InChI=1S/C13H15ClN4O/c1-17-9-15-16-13(17)8-18-4-5-19-12-3-2-11(14)6-10(12)7-18/h2-3,6,9H,4-5,7-8H2,1H3. The van der Waals surface area contributed by atoms with Crippen LogP contribution in [0.4, 0.5) is 0 Å². The van der Waals surface area contributed by atoms with E-state index in [4.69, 9.17) is 16.3 Å². The zero-order chi connectivity index (χ0) is 13.2. The van der Waals surface area contributed by atoms with Gasteiger partial charge in [0.05, 0.1) is 6.54 Å². The van der Waals surface area contributed by atoms with Crippen molar-refractivity contribution < 1.29 is 4.74 Å². The first-order chi connectivity index (χ1) is 9.22. The Morgan fingerprint density at radius 2 is 2.32 bits per heavy atom. The normalized spacial score (nSPS) is 15.7. The Morgan fingerprint density at radius 1 is 1.42 bits per heavy atom. The van der Waals surface area contributed by atoms with Crippen molar-refractivity contribution >= 4 is 11.6 Å². The average molecular weight is 279 g/mol. The summed E-state index contributed by atoms with van der Waals surface area (Å²) >= 11 is 6.05. The van der Waals surface area contributed by atoms with Gasteiger partial charge in [-0.05, 0) is 18.2 Å². The van der Waals surface area contributed by atoms with Gasteiger partial charge in [0.25, 0.3) is 0 Å². The van der Waals surface area contributed by atoms with Crippen molar-refractivity contribution in [3.8, 4) is 5.75 Å². The number of nitrogens with zero attached hydrogens (tertiary/aromatic N) is 4. The van der Waals surface area contributed by atoms with Gasteiger partial charge in [-0.15, -0.1) is 10.2 Å². The van der Waals surface area contributed by atoms with Crippen molar-refractivity contribution in [3.05, 3.63) is 40.9 Å². The molecule has 0 spiro atoms. The second-order valence-corrected chi connectivity index (χ2v) is 5.11. The lowest BCUT2D eigenvalue weighted by atomic mass is 10.2. The van der Waals surface area contributed by atoms with E-state index in [0.717, 1.165) is 41.8 Å². The highest BCUT2D eigenvalue weighted by Crippen LogP contribution is 2.26. The van der Waals surface area contributed by atoms with Crippen molar-refractivity contribution in [2.75, 3.05) is 13.2 Å². The highest BCUT2D eigenvalue weighted by atomic mass is 35.5. The van der Waals surface area contributed by atoms with Crippen LogP contribution in [0.3, 0.4) is 0 Å². The molecule has 19 heavy (non-hydrogen) atoms. The van der Waals surface area contributed by atoms with Crippen molar-refractivity contribution in [1.82, 2.24) is 19.7 Å². The van der Waals surface area contributed by atoms with Crippen LogP contribution in [0.25, 0.3) is 0 Å². The third kappa shape index (κ3) is 2.72. The third-order valence-corrected chi connectivity index (χ3v) is 3.49. The summed E-state index contributed by atoms with van der Waals surface area (Å²) in [6.07, 6.45) is 1.72. The fraction of sp³-hybridized carbons (Fsp3) is 0.385. The van der Waals surface area contributed by atoms with E-state index in [2.05, 4.69) is 15.1 Å². The maximum atomic E-state index is 6.05. The molecular formula is C13H15ClN4O. The molecule has 6 heteroatoms. The fourth-order valence-corrected chi connectivity index (χ4v) is 2.40. The van der Waals surface area contributed by atoms with Crippen LogP contribution < -0.4 is 4.74 Å². The van der Waals surface area contributed by atoms with E-state index in [9.17, 15) is 0 Å². The van der Waals surface area contributed by atoms with Gasteiger partial charge in [0, 0.05) is 30.7 Å². The SMILES string of the molecule is Cn1cnnc1CN1CCOc2ccc(Cl)cc2C1. The Balaban J connectivity index is 1.80. The molecule has 0 amide bonds. The monoisotopic (exact) mass is 278 g/mol. The van der Waals surface area contributed by atoms with Gasteiger partial charge < -0.3 is 9.30 Å². The van der Waals surface area contributed by atoms with Crippen molar-refractivity contribution in [2.24, 2.45) is 7.05 Å². The quantitative estimate of drug-likeness (QED) is 0.841. The number of halogens is 1. The lowest BCUT2D eigenvalue weighted by Crippen LogP contribution is -2.26. The molecule has 0 aliphatic carbocycles. The lowest BCUT2D eigenvalue weighted by molar-refractivity contribution is 0.214. The number of aryl methyl sites for hydroxylation is 1. The molecule has 0 N–H and O–H groups in total. The van der Waals surface area contributed by atoms with Crippen LogP contribution in [0.2, 0.25) is 5.02 Å². The molecular weight excluding hydrogens is 264 g/mol. The first-order valence-corrected chi connectivity index (χ1v) is 6.56. The Bertz CT molecular complexity index is 584. The highest BCUT2D eigenvalue weighted by molar-refractivity contribution is 6.30. The predicted molar refractivity (Wildman–Crippen MR) is 72.1 cm³/mol. The Hall–Kier alpha value is -1.59. The van der Waals surface area contributed by atoms with Crippen LogP contribution in [0, 0.1) is 0 Å². The summed E-state index contributed by atoms with van der Waals surface area (Å²) in [5, 5.41) is 8.76. The average Bonchev–Trinajstić information content (AvgIpc) is 2.67. The molecule has 0 saturated carbocycles. The molecule has 3 rings (SSSR count). The first kappa shape index (κ1) is 12.4. The van der Waals surface area contributed by atoms with Gasteiger partial charge in [-0.2, -0.15) is 0 Å². The number of fused-ring (bicyclic) bond motifs is 1. The smallest absolute Gasteiger partial charge is 0.146 e. The number of benzene rings is 1. The van der Waals surface area contributed by atoms with Gasteiger partial charge >= 0.3 is 0 Å². The fourth-order valence-electron chi connectivity index (χ4n) is 2.20. The van der Waals surface area contributed by atoms with Gasteiger partial charge in [-0.3, -0.25) is 4.90 Å². The number of rotatable bonds is 2. The van der Waals surface area contributed by atoms with Crippen LogP contribution in [0.15, 0.2) is 24.5 Å². The molecule has 1 aliphatic rings. The van der Waals surface area contributed by atoms with Gasteiger partial charge in [-0.25, -0.2) is 0 Å². The zero-order valence-electron chi connectivity index (χ0n) is 10.7. The summed E-state index contributed by atoms with van der Waals surface area (Å²) in [6, 6.07) is 5.76. The highest BCUT2D eigenvalue weighted by Gasteiger charge is 2.17. The van der Waals surface area contributed by atoms with E-state index in [1.807, 2.05) is 29.8 Å². The number of hydrogen-bond acceptors (Lipinski definition) is 4. The zero-order valence-corrected chi connectivity index (χ0v) is 11.5. The van der Waals surface area contributed by atoms with Gasteiger partial charge in [0.2, 0.25) is 0 Å². The van der Waals surface area contributed by atoms with E-state index in [-0.39, 0.29) is 0 Å². The topological polar surface area (TPSA) is 43.2 Å². The molecule has 1 aliphatic heterocycles. The van der Waals surface area contributed by atoms with Gasteiger partial charge in [-0.1, -0.05) is 11.6 Å². The van der Waals surface area contributed by atoms with Crippen LogP contribution >= 0.6 is 11.6 Å². The van der Waals surface area contributed by atoms with E-state index in [0.29, 0.717) is 6.61 Å². The molecule has 5 nitrogen and oxygen atoms in total. The summed E-state index contributed by atoms with van der Waals surface area (Å²) in [5.41, 5.74) is 1.12. The molecule has 100 valence electrons. The summed E-state index contributed by atoms with van der Waals surface area (Å²) < 4.78 is 7.68. The number of aromatic nitrogens is 3. The molecule has 0 radical (unpaired) electrons. The minimum absolute atomic E-state index is 0.673. The minimum atomic E-state index is 0.673. The van der Waals surface area contributed by atoms with Gasteiger partial charge in [0.1, 0.15) is 24.5 Å². The summed E-state index contributed by atoms with van der Waals surface area (Å²) in [6.45, 7) is 3.10. The molecule has 0 saturated heterocycles. The van der Waals surface area contributed by atoms with Crippen LogP contribution in [0.1, 0.15) is 11.4 Å². The van der Waals surface area contributed by atoms with Crippen LogP contribution in [0.5, 0.6) is 5.75 Å². The summed E-state index contributed by atoms with van der Waals surface area (Å²) in [7, 11) is 1.95. The molecule has 0 unspecified atom stereocenters. The number of ether oxygens (including phenoxy) is 1. The van der Waals surface area contributed by atoms with E-state index < -0.39 is 0 Å². The Kier molecular flexibility index (Phi) is 3.40. The van der Waals surface area contributed by atoms with Crippen molar-refractivity contribution in [3.63, 3.8) is 0 Å². The Labute approximate surface area is 116 Å². The maximum absolute atomic E-state index is 6.05. The predicted octanol–water partition coefficient (Wildman–Crippen LogP) is 1.86. The van der Waals surface area contributed by atoms with Crippen molar-refractivity contribution in [1.29, 1.82) is 0 Å². The van der Waals surface area contributed by atoms with Crippen LogP contribution in [-0.2, 0) is 20.1 Å². The molecule has 2 aromatic rings. The Morgan fingerprint density at radius 3 is 3.11 bits per heavy atom.